The van der Waals surface area contributed by atoms with Crippen LogP contribution in [0.5, 0.6) is 5.75 Å². The number of benzene rings is 2. The van der Waals surface area contributed by atoms with Gasteiger partial charge in [-0.2, -0.15) is 0 Å². The monoisotopic (exact) mass is 503 g/mol. The van der Waals surface area contributed by atoms with Gasteiger partial charge in [-0.25, -0.2) is 0 Å². The molecule has 0 radical (unpaired) electrons. The zero-order valence-electron chi connectivity index (χ0n) is 21.1. The third-order valence-electron chi connectivity index (χ3n) is 7.13. The Balaban J connectivity index is 1.44. The van der Waals surface area contributed by atoms with Crippen LogP contribution in [0, 0.1) is 5.92 Å². The first kappa shape index (κ1) is 24.4. The molecule has 2 amide bonds. The minimum absolute atomic E-state index is 0.0195. The van der Waals surface area contributed by atoms with E-state index < -0.39 is 5.92 Å². The molecule has 5 rings (SSSR count). The van der Waals surface area contributed by atoms with Crippen LogP contribution in [0.3, 0.4) is 0 Å². The van der Waals surface area contributed by atoms with Crippen molar-refractivity contribution in [2.24, 2.45) is 5.92 Å². The van der Waals surface area contributed by atoms with Gasteiger partial charge in [0.05, 0.1) is 19.1 Å². The number of thiophene rings is 1. The van der Waals surface area contributed by atoms with Crippen molar-refractivity contribution >= 4 is 28.8 Å². The molecule has 0 bridgehead atoms. The minimum atomic E-state index is -0.413. The number of hydrogen-bond donors (Lipinski definition) is 0. The number of ether oxygens (including phenoxy) is 1. The molecule has 3 aromatic rings. The van der Waals surface area contributed by atoms with Crippen LogP contribution in [0.2, 0.25) is 0 Å². The molecule has 1 saturated heterocycles. The van der Waals surface area contributed by atoms with Gasteiger partial charge in [-0.3, -0.25) is 9.59 Å². The number of hydrogen-bond acceptors (Lipinski definition) is 5. The second-order valence-corrected chi connectivity index (χ2v) is 10.9. The Morgan fingerprint density at radius 2 is 1.72 bits per heavy atom. The van der Waals surface area contributed by atoms with Crippen molar-refractivity contribution in [2.45, 2.75) is 25.8 Å². The maximum atomic E-state index is 14.2. The van der Waals surface area contributed by atoms with Crippen LogP contribution < -0.4 is 9.64 Å². The average molecular weight is 504 g/mol. The summed E-state index contributed by atoms with van der Waals surface area (Å²) in [5.74, 6) is 0.848. The van der Waals surface area contributed by atoms with Gasteiger partial charge >= 0.3 is 0 Å². The van der Waals surface area contributed by atoms with Crippen molar-refractivity contribution < 1.29 is 14.3 Å². The van der Waals surface area contributed by atoms with E-state index >= 15 is 0 Å². The highest BCUT2D eigenvalue weighted by molar-refractivity contribution is 7.10. The lowest BCUT2D eigenvalue weighted by Gasteiger charge is -2.44. The van der Waals surface area contributed by atoms with Crippen LogP contribution >= 0.6 is 11.3 Å². The maximum absolute atomic E-state index is 14.2. The van der Waals surface area contributed by atoms with Gasteiger partial charge in [0, 0.05) is 48.9 Å². The lowest BCUT2D eigenvalue weighted by molar-refractivity contribution is -0.135. The Morgan fingerprint density at radius 3 is 2.36 bits per heavy atom. The van der Waals surface area contributed by atoms with E-state index in [9.17, 15) is 9.59 Å². The fraction of sp³-hybridized carbons (Fsp3) is 0.379. The molecule has 1 aromatic heterocycles. The molecule has 7 heteroatoms. The van der Waals surface area contributed by atoms with Crippen LogP contribution in [-0.4, -0.2) is 61.4 Å². The summed E-state index contributed by atoms with van der Waals surface area (Å²) in [6.45, 7) is 7.70. The Hall–Kier alpha value is -3.32. The second-order valence-electron chi connectivity index (χ2n) is 9.89. The van der Waals surface area contributed by atoms with E-state index in [-0.39, 0.29) is 17.9 Å². The van der Waals surface area contributed by atoms with E-state index in [1.807, 2.05) is 57.6 Å². The average Bonchev–Trinajstić information content (AvgIpc) is 3.44. The Labute approximate surface area is 217 Å². The Kier molecular flexibility index (Phi) is 7.01. The van der Waals surface area contributed by atoms with E-state index in [1.54, 1.807) is 18.4 Å². The number of methoxy groups -OCH3 is 1. The third kappa shape index (κ3) is 4.60. The summed E-state index contributed by atoms with van der Waals surface area (Å²) in [4.78, 5) is 35.2. The zero-order chi connectivity index (χ0) is 25.2. The maximum Gasteiger partial charge on any atom is 0.254 e. The molecule has 6 nitrogen and oxygen atoms in total. The molecule has 2 aliphatic rings. The summed E-state index contributed by atoms with van der Waals surface area (Å²) in [6.07, 6.45) is 0. The number of carbonyl (C=O) groups is 2. The highest BCUT2D eigenvalue weighted by atomic mass is 32.1. The van der Waals surface area contributed by atoms with Gasteiger partial charge in [0.1, 0.15) is 5.75 Å². The van der Waals surface area contributed by atoms with Crippen LogP contribution in [0.1, 0.15) is 46.6 Å². The number of carbonyl (C=O) groups excluding carboxylic acids is 2. The van der Waals surface area contributed by atoms with E-state index in [2.05, 4.69) is 36.9 Å². The number of nitrogens with zero attached hydrogens (tertiary/aromatic N) is 3. The van der Waals surface area contributed by atoms with Crippen molar-refractivity contribution in [3.63, 3.8) is 0 Å². The summed E-state index contributed by atoms with van der Waals surface area (Å²) in [5, 5.41) is 2.03. The Morgan fingerprint density at radius 1 is 1.00 bits per heavy atom. The summed E-state index contributed by atoms with van der Waals surface area (Å²) in [7, 11) is 1.67. The summed E-state index contributed by atoms with van der Waals surface area (Å²) in [5.41, 5.74) is 2.64. The van der Waals surface area contributed by atoms with Gasteiger partial charge in [-0.15, -0.1) is 11.3 Å². The SMILES string of the molecule is COc1ccc(N2CCN(C(=O)[C@@H]3c4ccccc4C(=O)N(CC(C)C)[C@@H]3c3cccs3)CC2)cc1. The number of anilines is 1. The standard InChI is InChI=1S/C29H33N3O3S/c1-20(2)19-32-27(25-9-6-18-36-25)26(23-7-4-5-8-24(23)28(32)33)29(34)31-16-14-30(15-17-31)21-10-12-22(35-3)13-11-21/h4-13,18,20,26-27H,14-17,19H2,1-3H3/t26-,27-/m1/s1. The molecular formula is C29H33N3O3S. The van der Waals surface area contributed by atoms with E-state index in [0.717, 1.165) is 35.0 Å². The van der Waals surface area contributed by atoms with Crippen LogP contribution in [0.4, 0.5) is 5.69 Å². The fourth-order valence-electron chi connectivity index (χ4n) is 5.40. The molecule has 2 aromatic carbocycles. The summed E-state index contributed by atoms with van der Waals surface area (Å²) in [6, 6.07) is 19.5. The topological polar surface area (TPSA) is 53.1 Å². The first-order chi connectivity index (χ1) is 17.5. The van der Waals surface area contributed by atoms with Crippen molar-refractivity contribution in [1.29, 1.82) is 0 Å². The molecule has 0 aliphatic carbocycles. The minimum Gasteiger partial charge on any atom is -0.497 e. The summed E-state index contributed by atoms with van der Waals surface area (Å²) < 4.78 is 5.28. The van der Waals surface area contributed by atoms with Crippen molar-refractivity contribution in [3.05, 3.63) is 82.0 Å². The van der Waals surface area contributed by atoms with Gasteiger partial charge in [0.2, 0.25) is 5.91 Å². The van der Waals surface area contributed by atoms with Crippen molar-refractivity contribution in [2.75, 3.05) is 44.7 Å². The highest BCUT2D eigenvalue weighted by Crippen LogP contribution is 2.45. The molecule has 0 unspecified atom stereocenters. The molecule has 188 valence electrons. The second kappa shape index (κ2) is 10.3. The largest absolute Gasteiger partial charge is 0.497 e. The van der Waals surface area contributed by atoms with Crippen LogP contribution in [0.25, 0.3) is 0 Å². The van der Waals surface area contributed by atoms with E-state index in [0.29, 0.717) is 31.1 Å². The van der Waals surface area contributed by atoms with Crippen LogP contribution in [0.15, 0.2) is 66.0 Å². The molecule has 1 fully saturated rings. The van der Waals surface area contributed by atoms with Crippen molar-refractivity contribution in [1.82, 2.24) is 9.80 Å². The van der Waals surface area contributed by atoms with E-state index in [1.165, 1.54) is 0 Å². The fourth-order valence-corrected chi connectivity index (χ4v) is 6.28. The molecule has 2 atom stereocenters. The number of fused-ring (bicyclic) bond motifs is 1. The molecule has 3 heterocycles. The molecule has 0 spiro atoms. The normalized spacial score (nSPS) is 20.0. The van der Waals surface area contributed by atoms with Gasteiger partial charge in [-0.05, 0) is 53.3 Å². The predicted molar refractivity (Wildman–Crippen MR) is 144 cm³/mol. The lowest BCUT2D eigenvalue weighted by Crippen LogP contribution is -2.53. The number of piperazine rings is 1. The smallest absolute Gasteiger partial charge is 0.254 e. The summed E-state index contributed by atoms with van der Waals surface area (Å²) >= 11 is 1.62. The molecule has 0 saturated carbocycles. The van der Waals surface area contributed by atoms with E-state index in [4.69, 9.17) is 4.74 Å². The number of amides is 2. The molecule has 36 heavy (non-hydrogen) atoms. The first-order valence-electron chi connectivity index (χ1n) is 12.6. The lowest BCUT2D eigenvalue weighted by atomic mass is 9.80. The molecule has 0 N–H and O–H groups in total. The zero-order valence-corrected chi connectivity index (χ0v) is 21.9. The quantitative estimate of drug-likeness (QED) is 0.473. The van der Waals surface area contributed by atoms with Crippen LogP contribution in [-0.2, 0) is 4.79 Å². The predicted octanol–water partition coefficient (Wildman–Crippen LogP) is 5.04. The first-order valence-corrected chi connectivity index (χ1v) is 13.5. The van der Waals surface area contributed by atoms with Gasteiger partial charge < -0.3 is 19.4 Å². The Bertz CT molecular complexity index is 1200. The molecule has 2 aliphatic heterocycles. The molecular weight excluding hydrogens is 470 g/mol. The van der Waals surface area contributed by atoms with Gasteiger partial charge in [0.15, 0.2) is 0 Å². The van der Waals surface area contributed by atoms with Gasteiger partial charge in [-0.1, -0.05) is 38.1 Å². The third-order valence-corrected chi connectivity index (χ3v) is 8.07. The number of rotatable bonds is 6. The van der Waals surface area contributed by atoms with Gasteiger partial charge in [0.25, 0.3) is 5.91 Å². The van der Waals surface area contributed by atoms with Crippen molar-refractivity contribution in [3.8, 4) is 5.75 Å². The highest BCUT2D eigenvalue weighted by Gasteiger charge is 2.46.